The van der Waals surface area contributed by atoms with Gasteiger partial charge in [-0.3, -0.25) is 4.57 Å². The Kier molecular flexibility index (Phi) is 7.57. The van der Waals surface area contributed by atoms with Crippen molar-refractivity contribution in [2.75, 3.05) is 0 Å². The van der Waals surface area contributed by atoms with Gasteiger partial charge < -0.3 is 8.83 Å². The molecule has 290 valence electrons. The molecule has 0 bridgehead atoms. The van der Waals surface area contributed by atoms with Crippen molar-refractivity contribution in [3.63, 3.8) is 0 Å². The molecular weight excluding hydrogens is 761 g/mol. The van der Waals surface area contributed by atoms with E-state index >= 15 is 0 Å². The molecule has 0 unspecified atom stereocenters. The molecule has 6 nitrogen and oxygen atoms in total. The molecule has 0 amide bonds. The van der Waals surface area contributed by atoms with Gasteiger partial charge in [0, 0.05) is 49.2 Å². The fourth-order valence-electron chi connectivity index (χ4n) is 9.28. The van der Waals surface area contributed by atoms with Gasteiger partial charge in [0.2, 0.25) is 5.95 Å². The van der Waals surface area contributed by atoms with Crippen LogP contribution in [-0.4, -0.2) is 19.5 Å². The Bertz CT molecular complexity index is 3850. The molecular formula is C56H34N4O2. The number of hydrogen-bond donors (Lipinski definition) is 0. The summed E-state index contributed by atoms with van der Waals surface area (Å²) in [7, 11) is 0. The highest BCUT2D eigenvalue weighted by Gasteiger charge is 2.22. The van der Waals surface area contributed by atoms with Crippen LogP contribution in [0, 0.1) is 0 Å². The van der Waals surface area contributed by atoms with E-state index in [1.165, 1.54) is 5.39 Å². The molecule has 4 aromatic heterocycles. The Morgan fingerprint density at radius 1 is 0.419 bits per heavy atom. The number of hydrogen-bond acceptors (Lipinski definition) is 5. The molecule has 0 saturated carbocycles. The Morgan fingerprint density at radius 2 is 1.08 bits per heavy atom. The first-order valence-corrected chi connectivity index (χ1v) is 20.9. The molecule has 0 aliphatic heterocycles. The Morgan fingerprint density at radius 3 is 2.00 bits per heavy atom. The van der Waals surface area contributed by atoms with E-state index in [1.807, 2.05) is 54.6 Å². The molecule has 0 saturated heterocycles. The fraction of sp³-hybridized carbons (Fsp3) is 0.0179. The second-order valence-corrected chi connectivity index (χ2v) is 15.9. The van der Waals surface area contributed by atoms with Crippen molar-refractivity contribution in [3.8, 4) is 51.0 Å². The maximum absolute atomic E-state index is 6.39. The fourth-order valence-corrected chi connectivity index (χ4v) is 9.28. The minimum absolute atomic E-state index is 0.531. The molecule has 12 aromatic rings. The van der Waals surface area contributed by atoms with Crippen LogP contribution in [0.25, 0.3) is 129 Å². The van der Waals surface area contributed by atoms with Gasteiger partial charge in [0.1, 0.15) is 22.5 Å². The third-order valence-electron chi connectivity index (χ3n) is 12.2. The lowest BCUT2D eigenvalue weighted by Crippen LogP contribution is -2.07. The van der Waals surface area contributed by atoms with Crippen LogP contribution in [0.15, 0.2) is 191 Å². The molecule has 0 fully saturated rings. The molecule has 0 spiro atoms. The number of nitrogens with zero attached hydrogens (tertiary/aromatic N) is 4. The van der Waals surface area contributed by atoms with E-state index < -0.39 is 0 Å². The first-order valence-electron chi connectivity index (χ1n) is 20.9. The van der Waals surface area contributed by atoms with Gasteiger partial charge in [0.05, 0.1) is 11.0 Å². The molecule has 1 aliphatic rings. The largest absolute Gasteiger partial charge is 0.456 e. The average molecular weight is 795 g/mol. The van der Waals surface area contributed by atoms with Gasteiger partial charge in [-0.15, -0.1) is 0 Å². The third kappa shape index (κ3) is 5.47. The van der Waals surface area contributed by atoms with Crippen molar-refractivity contribution in [2.24, 2.45) is 0 Å². The lowest BCUT2D eigenvalue weighted by Gasteiger charge is -2.14. The van der Waals surface area contributed by atoms with Gasteiger partial charge in [0.15, 0.2) is 11.6 Å². The Labute approximate surface area is 355 Å². The second kappa shape index (κ2) is 13.6. The summed E-state index contributed by atoms with van der Waals surface area (Å²) in [4.78, 5) is 15.8. The molecule has 62 heavy (non-hydrogen) atoms. The normalized spacial score (nSPS) is 12.6. The molecule has 1 aliphatic carbocycles. The van der Waals surface area contributed by atoms with Crippen molar-refractivity contribution in [2.45, 2.75) is 6.42 Å². The van der Waals surface area contributed by atoms with Crippen LogP contribution in [-0.2, 0) is 0 Å². The molecule has 0 radical (unpaired) electrons. The third-order valence-corrected chi connectivity index (χ3v) is 12.2. The van der Waals surface area contributed by atoms with E-state index in [0.717, 1.165) is 111 Å². The summed E-state index contributed by atoms with van der Waals surface area (Å²) in [5, 5.41) is 7.79. The van der Waals surface area contributed by atoms with Crippen molar-refractivity contribution < 1.29 is 8.83 Å². The van der Waals surface area contributed by atoms with E-state index in [2.05, 4.69) is 144 Å². The lowest BCUT2D eigenvalue weighted by atomic mass is 9.96. The summed E-state index contributed by atoms with van der Waals surface area (Å²) < 4.78 is 15.0. The number of rotatable bonds is 5. The van der Waals surface area contributed by atoms with E-state index in [1.54, 1.807) is 0 Å². The Balaban J connectivity index is 1.05. The van der Waals surface area contributed by atoms with Gasteiger partial charge in [-0.2, -0.15) is 9.97 Å². The van der Waals surface area contributed by atoms with E-state index in [-0.39, 0.29) is 0 Å². The Hall–Kier alpha value is -8.35. The van der Waals surface area contributed by atoms with Crippen LogP contribution in [0.4, 0.5) is 0 Å². The van der Waals surface area contributed by atoms with Gasteiger partial charge >= 0.3 is 0 Å². The van der Waals surface area contributed by atoms with E-state index in [0.29, 0.717) is 17.6 Å². The first-order chi connectivity index (χ1) is 30.7. The average Bonchev–Trinajstić information content (AvgIpc) is 3.92. The predicted molar refractivity (Wildman–Crippen MR) is 253 cm³/mol. The first kappa shape index (κ1) is 34.5. The number of fused-ring (bicyclic) bond motifs is 10. The van der Waals surface area contributed by atoms with Crippen LogP contribution in [0.3, 0.4) is 0 Å². The van der Waals surface area contributed by atoms with Gasteiger partial charge in [-0.25, -0.2) is 4.98 Å². The van der Waals surface area contributed by atoms with Crippen molar-refractivity contribution >= 4 is 77.6 Å². The quantitative estimate of drug-likeness (QED) is 0.174. The maximum atomic E-state index is 6.39. The summed E-state index contributed by atoms with van der Waals surface area (Å²) in [5.74, 6) is 2.58. The monoisotopic (exact) mass is 794 g/mol. The highest BCUT2D eigenvalue weighted by atomic mass is 16.3. The minimum Gasteiger partial charge on any atom is -0.456 e. The van der Waals surface area contributed by atoms with Gasteiger partial charge in [-0.05, 0) is 88.5 Å². The zero-order valence-electron chi connectivity index (χ0n) is 33.3. The molecule has 0 atom stereocenters. The summed E-state index contributed by atoms with van der Waals surface area (Å²) in [6.45, 7) is 0. The van der Waals surface area contributed by atoms with Gasteiger partial charge in [0.25, 0.3) is 0 Å². The summed E-state index contributed by atoms with van der Waals surface area (Å²) in [6.07, 6.45) is 9.47. The highest BCUT2D eigenvalue weighted by Crippen LogP contribution is 2.41. The minimum atomic E-state index is 0.531. The number of aromatic nitrogens is 4. The van der Waals surface area contributed by atoms with Crippen LogP contribution < -0.4 is 0 Å². The topological polar surface area (TPSA) is 69.9 Å². The SMILES string of the molecule is C1=Cc2oc3cc(-c4cccc(-c5cccc6c7cc8ccccc8cc7n(-c7nc(-c8ccccc8)nc(-c8ccc9c(c8)oc8ccccc89)n7)c56)c4)ccc3c2C=CC1. The predicted octanol–water partition coefficient (Wildman–Crippen LogP) is 14.9. The van der Waals surface area contributed by atoms with Gasteiger partial charge in [-0.1, -0.05) is 140 Å². The van der Waals surface area contributed by atoms with Crippen LogP contribution >= 0.6 is 0 Å². The lowest BCUT2D eigenvalue weighted by molar-refractivity contribution is 0.603. The van der Waals surface area contributed by atoms with Crippen LogP contribution in [0.2, 0.25) is 0 Å². The van der Waals surface area contributed by atoms with Crippen molar-refractivity contribution in [1.29, 1.82) is 0 Å². The second-order valence-electron chi connectivity index (χ2n) is 15.9. The smallest absolute Gasteiger partial charge is 0.238 e. The number of para-hydroxylation sites is 2. The van der Waals surface area contributed by atoms with Crippen LogP contribution in [0.5, 0.6) is 0 Å². The van der Waals surface area contributed by atoms with Crippen molar-refractivity contribution in [1.82, 2.24) is 19.5 Å². The van der Waals surface area contributed by atoms with E-state index in [4.69, 9.17) is 23.8 Å². The number of benzene rings is 8. The van der Waals surface area contributed by atoms with E-state index in [9.17, 15) is 0 Å². The van der Waals surface area contributed by atoms with Crippen LogP contribution in [0.1, 0.15) is 17.7 Å². The zero-order valence-corrected chi connectivity index (χ0v) is 33.3. The summed E-state index contributed by atoms with van der Waals surface area (Å²) >= 11 is 0. The summed E-state index contributed by atoms with van der Waals surface area (Å²) in [5.41, 5.74) is 11.7. The number of allylic oxidation sites excluding steroid dienone is 2. The zero-order chi connectivity index (χ0) is 40.7. The molecule has 6 heteroatoms. The highest BCUT2D eigenvalue weighted by molar-refractivity contribution is 6.17. The molecule has 8 aromatic carbocycles. The maximum Gasteiger partial charge on any atom is 0.238 e. The van der Waals surface area contributed by atoms with Crippen molar-refractivity contribution in [3.05, 3.63) is 193 Å². The standard InChI is InChI=1S/C56H34N4O2/c1-3-13-34(14-4-1)54-57-55(40-26-28-45-43-20-9-10-24-50(43)62-52(45)33-40)59-56(58-54)60-48-31-37-16-8-7-15-36(37)30-47(48)46-22-12-21-41(53(46)60)39-18-11-17-35(29-39)38-25-27-44-42-19-5-2-6-23-49(42)61-51(44)32-38/h1,3-33H,2H2. The number of furan rings is 2. The molecule has 0 N–H and O–H groups in total. The molecule has 13 rings (SSSR count). The summed E-state index contributed by atoms with van der Waals surface area (Å²) in [6, 6.07) is 59.5. The molecule has 4 heterocycles.